The van der Waals surface area contributed by atoms with Crippen molar-refractivity contribution in [2.24, 2.45) is 0 Å². The highest BCUT2D eigenvalue weighted by atomic mass is 79.9. The van der Waals surface area contributed by atoms with Gasteiger partial charge in [-0.25, -0.2) is 0 Å². The molecule has 0 atom stereocenters. The van der Waals surface area contributed by atoms with Crippen LogP contribution in [-0.2, 0) is 20.7 Å². The maximum Gasteiger partial charge on any atom is 0.310 e. The van der Waals surface area contributed by atoms with Gasteiger partial charge in [0.05, 0.1) is 13.5 Å². The van der Waals surface area contributed by atoms with Crippen molar-refractivity contribution in [1.29, 1.82) is 0 Å². The molecule has 0 radical (unpaired) electrons. The second-order valence-electron chi connectivity index (χ2n) is 5.16. The van der Waals surface area contributed by atoms with E-state index >= 15 is 0 Å². The van der Waals surface area contributed by atoms with Gasteiger partial charge in [0.1, 0.15) is 5.75 Å². The molecule has 0 aromatic heterocycles. The first-order valence-corrected chi connectivity index (χ1v) is 8.12. The van der Waals surface area contributed by atoms with Gasteiger partial charge in [0.15, 0.2) is 6.61 Å². The van der Waals surface area contributed by atoms with Crippen LogP contribution in [0.1, 0.15) is 11.1 Å². The van der Waals surface area contributed by atoms with E-state index in [4.69, 9.17) is 9.47 Å². The number of ether oxygens (including phenoxy) is 2. The minimum absolute atomic E-state index is 0.0502. The van der Waals surface area contributed by atoms with Gasteiger partial charge in [0.2, 0.25) is 0 Å². The summed E-state index contributed by atoms with van der Waals surface area (Å²) in [5.41, 5.74) is 2.32. The molecule has 5 nitrogen and oxygen atoms in total. The summed E-state index contributed by atoms with van der Waals surface area (Å²) in [7, 11) is 1.54. The van der Waals surface area contributed by atoms with Gasteiger partial charge >= 0.3 is 5.97 Å². The fraction of sp³-hybridized carbons (Fsp3) is 0.222. The molecule has 0 saturated carbocycles. The number of aryl methyl sites for hydroxylation is 1. The predicted octanol–water partition coefficient (Wildman–Crippen LogP) is 3.49. The summed E-state index contributed by atoms with van der Waals surface area (Å²) in [5, 5.41) is 2.72. The van der Waals surface area contributed by atoms with Gasteiger partial charge in [0.25, 0.3) is 5.91 Å². The molecule has 0 aliphatic carbocycles. The number of halogens is 1. The molecule has 1 N–H and O–H groups in total. The van der Waals surface area contributed by atoms with Crippen LogP contribution in [0.3, 0.4) is 0 Å². The van der Waals surface area contributed by atoms with Gasteiger partial charge in [0, 0.05) is 15.7 Å². The number of rotatable bonds is 6. The quantitative estimate of drug-likeness (QED) is 0.765. The van der Waals surface area contributed by atoms with Crippen LogP contribution in [0.15, 0.2) is 46.9 Å². The summed E-state index contributed by atoms with van der Waals surface area (Å²) in [5.74, 6) is -0.250. The van der Waals surface area contributed by atoms with E-state index in [9.17, 15) is 9.59 Å². The highest BCUT2D eigenvalue weighted by Crippen LogP contribution is 2.20. The largest absolute Gasteiger partial charge is 0.496 e. The minimum Gasteiger partial charge on any atom is -0.496 e. The molecule has 2 aromatic rings. The minimum atomic E-state index is -0.484. The number of benzene rings is 2. The van der Waals surface area contributed by atoms with Crippen LogP contribution < -0.4 is 10.1 Å². The molecule has 6 heteroatoms. The van der Waals surface area contributed by atoms with E-state index in [2.05, 4.69) is 21.2 Å². The molecule has 24 heavy (non-hydrogen) atoms. The van der Waals surface area contributed by atoms with E-state index in [0.717, 1.165) is 10.0 Å². The summed E-state index contributed by atoms with van der Waals surface area (Å²) in [6.07, 6.45) is 0.0502. The third kappa shape index (κ3) is 5.09. The molecule has 0 bridgehead atoms. The average Bonchev–Trinajstić information content (AvgIpc) is 2.56. The fourth-order valence-electron chi connectivity index (χ4n) is 2.16. The Bertz CT molecular complexity index is 746. The molecular formula is C18H18BrNO4. The first-order chi connectivity index (χ1) is 11.5. The second-order valence-corrected chi connectivity index (χ2v) is 6.07. The number of hydrogen-bond acceptors (Lipinski definition) is 4. The highest BCUT2D eigenvalue weighted by Gasteiger charge is 2.12. The smallest absolute Gasteiger partial charge is 0.310 e. The second kappa shape index (κ2) is 8.49. The van der Waals surface area contributed by atoms with Crippen LogP contribution in [0.25, 0.3) is 0 Å². The zero-order valence-electron chi connectivity index (χ0n) is 13.5. The summed E-state index contributed by atoms with van der Waals surface area (Å²) < 4.78 is 11.1. The Balaban J connectivity index is 1.86. The normalized spacial score (nSPS) is 10.1. The first-order valence-electron chi connectivity index (χ1n) is 7.33. The van der Waals surface area contributed by atoms with Gasteiger partial charge in [-0.05, 0) is 36.8 Å². The Labute approximate surface area is 149 Å². The SMILES string of the molecule is COc1ccccc1CC(=O)OCC(=O)Nc1ccc(Br)cc1C. The first kappa shape index (κ1) is 18.0. The molecule has 0 unspecified atom stereocenters. The van der Waals surface area contributed by atoms with Crippen molar-refractivity contribution in [3.05, 3.63) is 58.1 Å². The number of para-hydroxylation sites is 1. The predicted molar refractivity (Wildman–Crippen MR) is 95.2 cm³/mol. The van der Waals surface area contributed by atoms with Crippen LogP contribution in [0.5, 0.6) is 5.75 Å². The Morgan fingerprint density at radius 2 is 1.92 bits per heavy atom. The molecule has 0 aliphatic heterocycles. The number of methoxy groups -OCH3 is 1. The number of anilines is 1. The Morgan fingerprint density at radius 3 is 2.62 bits per heavy atom. The van der Waals surface area contributed by atoms with Crippen LogP contribution in [0, 0.1) is 6.92 Å². The van der Waals surface area contributed by atoms with Crippen LogP contribution >= 0.6 is 15.9 Å². The van der Waals surface area contributed by atoms with E-state index in [0.29, 0.717) is 17.0 Å². The molecule has 0 spiro atoms. The van der Waals surface area contributed by atoms with Crippen molar-refractivity contribution in [2.45, 2.75) is 13.3 Å². The number of carbonyl (C=O) groups excluding carboxylic acids is 2. The van der Waals surface area contributed by atoms with Gasteiger partial charge in [-0.2, -0.15) is 0 Å². The topological polar surface area (TPSA) is 64.6 Å². The van der Waals surface area contributed by atoms with E-state index < -0.39 is 5.97 Å². The zero-order chi connectivity index (χ0) is 17.5. The van der Waals surface area contributed by atoms with Crippen molar-refractivity contribution < 1.29 is 19.1 Å². The molecule has 0 heterocycles. The third-order valence-electron chi connectivity index (χ3n) is 3.35. The standard InChI is InChI=1S/C18H18BrNO4/c1-12-9-14(19)7-8-15(12)20-17(21)11-24-18(22)10-13-5-3-4-6-16(13)23-2/h3-9H,10-11H2,1-2H3,(H,20,21). The lowest BCUT2D eigenvalue weighted by atomic mass is 10.1. The van der Waals surface area contributed by atoms with E-state index in [1.807, 2.05) is 31.2 Å². The average molecular weight is 392 g/mol. The van der Waals surface area contributed by atoms with Gasteiger partial charge < -0.3 is 14.8 Å². The lowest BCUT2D eigenvalue weighted by molar-refractivity contribution is -0.146. The Kier molecular flexibility index (Phi) is 6.37. The van der Waals surface area contributed by atoms with Crippen molar-refractivity contribution in [3.63, 3.8) is 0 Å². The number of nitrogens with one attached hydrogen (secondary N) is 1. The van der Waals surface area contributed by atoms with Crippen LogP contribution in [0.4, 0.5) is 5.69 Å². The maximum absolute atomic E-state index is 11.9. The zero-order valence-corrected chi connectivity index (χ0v) is 15.1. The number of amides is 1. The van der Waals surface area contributed by atoms with Crippen molar-refractivity contribution in [1.82, 2.24) is 0 Å². The summed E-state index contributed by atoms with van der Waals surface area (Å²) in [6, 6.07) is 12.7. The molecule has 2 rings (SSSR count). The highest BCUT2D eigenvalue weighted by molar-refractivity contribution is 9.10. The van der Waals surface area contributed by atoms with Gasteiger partial charge in [-0.15, -0.1) is 0 Å². The number of esters is 1. The van der Waals surface area contributed by atoms with Gasteiger partial charge in [-0.1, -0.05) is 34.1 Å². The lowest BCUT2D eigenvalue weighted by Crippen LogP contribution is -2.22. The molecule has 2 aromatic carbocycles. The summed E-state index contributed by atoms with van der Waals surface area (Å²) in [6.45, 7) is 1.55. The van der Waals surface area contributed by atoms with Crippen LogP contribution in [0.2, 0.25) is 0 Å². The molecule has 0 aliphatic rings. The van der Waals surface area contributed by atoms with Crippen LogP contribution in [-0.4, -0.2) is 25.6 Å². The van der Waals surface area contributed by atoms with E-state index in [-0.39, 0.29) is 18.9 Å². The van der Waals surface area contributed by atoms with Gasteiger partial charge in [-0.3, -0.25) is 9.59 Å². The summed E-state index contributed by atoms with van der Waals surface area (Å²) >= 11 is 3.36. The molecular weight excluding hydrogens is 374 g/mol. The summed E-state index contributed by atoms with van der Waals surface area (Å²) in [4.78, 5) is 23.8. The van der Waals surface area contributed by atoms with Crippen molar-refractivity contribution >= 4 is 33.5 Å². The third-order valence-corrected chi connectivity index (χ3v) is 3.85. The Hall–Kier alpha value is -2.34. The maximum atomic E-state index is 11.9. The van der Waals surface area contributed by atoms with E-state index in [1.165, 1.54) is 7.11 Å². The van der Waals surface area contributed by atoms with E-state index in [1.54, 1.807) is 18.2 Å². The molecule has 126 valence electrons. The Morgan fingerprint density at radius 1 is 1.17 bits per heavy atom. The number of hydrogen-bond donors (Lipinski definition) is 1. The fourth-order valence-corrected chi connectivity index (χ4v) is 2.63. The van der Waals surface area contributed by atoms with Crippen molar-refractivity contribution in [2.75, 3.05) is 19.0 Å². The molecule has 0 fully saturated rings. The monoisotopic (exact) mass is 391 g/mol. The molecule has 1 amide bonds. The number of carbonyl (C=O) groups is 2. The van der Waals surface area contributed by atoms with Crippen molar-refractivity contribution in [3.8, 4) is 5.75 Å². The lowest BCUT2D eigenvalue weighted by Gasteiger charge is -2.10. The molecule has 0 saturated heterocycles.